The Hall–Kier alpha value is -0.490. The summed E-state index contributed by atoms with van der Waals surface area (Å²) in [5, 5.41) is 3.14. The lowest BCUT2D eigenvalue weighted by molar-refractivity contribution is 0.687. The number of thioether (sulfide) groups is 2. The molecule has 1 heterocycles. The molecule has 0 aliphatic carbocycles. The molecule has 0 radical (unpaired) electrons. The predicted octanol–water partition coefficient (Wildman–Crippen LogP) is 4.28. The van der Waals surface area contributed by atoms with Gasteiger partial charge >= 0.3 is 0 Å². The van der Waals surface area contributed by atoms with E-state index < -0.39 is 0 Å². The molecule has 0 spiro atoms. The lowest BCUT2D eigenvalue weighted by Gasteiger charge is -2.06. The van der Waals surface area contributed by atoms with Crippen molar-refractivity contribution >= 4 is 34.9 Å². The van der Waals surface area contributed by atoms with Gasteiger partial charge in [-0.25, -0.2) is 4.98 Å². The molecule has 0 saturated heterocycles. The van der Waals surface area contributed by atoms with Gasteiger partial charge in [-0.1, -0.05) is 12.1 Å². The van der Waals surface area contributed by atoms with E-state index in [9.17, 15) is 0 Å². The van der Waals surface area contributed by atoms with Crippen molar-refractivity contribution in [2.75, 3.05) is 18.3 Å². The number of thiazole rings is 1. The van der Waals surface area contributed by atoms with Crippen molar-refractivity contribution in [3.8, 4) is 10.6 Å². The molecular formula is C14H18N2S3. The van der Waals surface area contributed by atoms with Crippen molar-refractivity contribution < 1.29 is 0 Å². The molecule has 19 heavy (non-hydrogen) atoms. The number of benzene rings is 1. The van der Waals surface area contributed by atoms with E-state index >= 15 is 0 Å². The molecule has 0 aliphatic heterocycles. The Morgan fingerprint density at radius 2 is 2.00 bits per heavy atom. The van der Waals surface area contributed by atoms with Gasteiger partial charge in [0, 0.05) is 21.9 Å². The monoisotopic (exact) mass is 310 g/mol. The minimum absolute atomic E-state index is 0.0583. The van der Waals surface area contributed by atoms with Crippen molar-refractivity contribution in [3.63, 3.8) is 0 Å². The van der Waals surface area contributed by atoms with Gasteiger partial charge < -0.3 is 5.73 Å². The molecule has 0 saturated carbocycles. The summed E-state index contributed by atoms with van der Waals surface area (Å²) in [6.07, 6.45) is 5.17. The van der Waals surface area contributed by atoms with Crippen LogP contribution in [0.4, 0.5) is 0 Å². The first-order chi connectivity index (χ1) is 9.24. The summed E-state index contributed by atoms with van der Waals surface area (Å²) < 4.78 is 0. The zero-order valence-electron chi connectivity index (χ0n) is 11.1. The lowest BCUT2D eigenvalue weighted by atomic mass is 10.2. The summed E-state index contributed by atoms with van der Waals surface area (Å²) in [6, 6.07) is 8.58. The van der Waals surface area contributed by atoms with Gasteiger partial charge in [0.1, 0.15) is 5.01 Å². The van der Waals surface area contributed by atoms with Crippen LogP contribution in [-0.2, 0) is 0 Å². The summed E-state index contributed by atoms with van der Waals surface area (Å²) in [6.45, 7) is 0. The third-order valence-electron chi connectivity index (χ3n) is 2.87. The van der Waals surface area contributed by atoms with E-state index in [-0.39, 0.29) is 6.04 Å². The van der Waals surface area contributed by atoms with E-state index in [0.717, 1.165) is 22.9 Å². The molecule has 2 N–H and O–H groups in total. The first kappa shape index (κ1) is 14.9. The minimum Gasteiger partial charge on any atom is -0.323 e. The second-order valence-corrected chi connectivity index (χ2v) is 6.92. The molecule has 0 bridgehead atoms. The average molecular weight is 311 g/mol. The van der Waals surface area contributed by atoms with Gasteiger partial charge in [0.25, 0.3) is 0 Å². The Labute approximate surface area is 127 Å². The molecule has 2 rings (SSSR count). The van der Waals surface area contributed by atoms with E-state index in [1.165, 1.54) is 10.5 Å². The first-order valence-corrected chi connectivity index (χ1v) is 9.58. The second kappa shape index (κ2) is 7.33. The maximum atomic E-state index is 6.15. The zero-order valence-corrected chi connectivity index (χ0v) is 13.6. The lowest BCUT2D eigenvalue weighted by Crippen LogP contribution is -2.11. The number of nitrogens with zero attached hydrogens (tertiary/aromatic N) is 1. The fourth-order valence-corrected chi connectivity index (χ4v) is 3.50. The highest BCUT2D eigenvalue weighted by atomic mass is 32.2. The molecule has 2 nitrogen and oxygen atoms in total. The van der Waals surface area contributed by atoms with Gasteiger partial charge in [0.05, 0.1) is 5.69 Å². The molecule has 102 valence electrons. The predicted molar refractivity (Wildman–Crippen MR) is 89.3 cm³/mol. The van der Waals surface area contributed by atoms with Gasteiger partial charge in [-0.3, -0.25) is 0 Å². The molecule has 0 amide bonds. The standard InChI is InChI=1S/C14H18N2S3/c1-17-8-7-12(15)13-9-19-14(16-13)10-3-5-11(18-2)6-4-10/h3-6,9,12H,7-8,15H2,1-2H3. The molecular weight excluding hydrogens is 292 g/mol. The minimum atomic E-state index is 0.0583. The summed E-state index contributed by atoms with van der Waals surface area (Å²) in [5.74, 6) is 1.08. The summed E-state index contributed by atoms with van der Waals surface area (Å²) >= 11 is 5.25. The van der Waals surface area contributed by atoms with E-state index in [1.54, 1.807) is 23.1 Å². The average Bonchev–Trinajstić information content (AvgIpc) is 2.94. The Bertz CT molecular complexity index is 508. The second-order valence-electron chi connectivity index (χ2n) is 4.19. The van der Waals surface area contributed by atoms with Crippen molar-refractivity contribution in [1.82, 2.24) is 4.98 Å². The number of hydrogen-bond acceptors (Lipinski definition) is 5. The maximum Gasteiger partial charge on any atom is 0.123 e. The third-order valence-corrected chi connectivity index (χ3v) is 5.17. The van der Waals surface area contributed by atoms with Crippen molar-refractivity contribution in [2.24, 2.45) is 5.73 Å². The third kappa shape index (κ3) is 3.99. The van der Waals surface area contributed by atoms with Crippen LogP contribution in [-0.4, -0.2) is 23.2 Å². The number of nitrogens with two attached hydrogens (primary N) is 1. The molecule has 2 aromatic rings. The van der Waals surface area contributed by atoms with Gasteiger partial charge in [0.15, 0.2) is 0 Å². The molecule has 1 atom stereocenters. The molecule has 0 aliphatic rings. The number of rotatable bonds is 6. The van der Waals surface area contributed by atoms with Gasteiger partial charge in [-0.2, -0.15) is 11.8 Å². The number of aromatic nitrogens is 1. The fraction of sp³-hybridized carbons (Fsp3) is 0.357. The van der Waals surface area contributed by atoms with Gasteiger partial charge in [0.2, 0.25) is 0 Å². The van der Waals surface area contributed by atoms with E-state index in [0.29, 0.717) is 0 Å². The largest absolute Gasteiger partial charge is 0.323 e. The van der Waals surface area contributed by atoms with E-state index in [2.05, 4.69) is 47.1 Å². The topological polar surface area (TPSA) is 38.9 Å². The molecule has 5 heteroatoms. The van der Waals surface area contributed by atoms with Gasteiger partial charge in [-0.15, -0.1) is 23.1 Å². The molecule has 0 fully saturated rings. The summed E-state index contributed by atoms with van der Waals surface area (Å²) in [5.41, 5.74) is 8.33. The molecule has 1 unspecified atom stereocenters. The van der Waals surface area contributed by atoms with Crippen LogP contribution in [0.25, 0.3) is 10.6 Å². The molecule has 1 aromatic heterocycles. The van der Waals surface area contributed by atoms with Crippen molar-refractivity contribution in [2.45, 2.75) is 17.4 Å². The van der Waals surface area contributed by atoms with Gasteiger partial charge in [-0.05, 0) is 36.8 Å². The Kier molecular flexibility index (Phi) is 5.76. The first-order valence-electron chi connectivity index (χ1n) is 6.09. The Morgan fingerprint density at radius 3 is 2.63 bits per heavy atom. The van der Waals surface area contributed by atoms with Crippen LogP contribution in [0.2, 0.25) is 0 Å². The van der Waals surface area contributed by atoms with Crippen LogP contribution in [0.15, 0.2) is 34.5 Å². The number of hydrogen-bond donors (Lipinski definition) is 1. The smallest absolute Gasteiger partial charge is 0.123 e. The normalized spacial score (nSPS) is 12.6. The quantitative estimate of drug-likeness (QED) is 0.808. The molecule has 1 aromatic carbocycles. The van der Waals surface area contributed by atoms with Crippen LogP contribution < -0.4 is 5.73 Å². The zero-order chi connectivity index (χ0) is 13.7. The van der Waals surface area contributed by atoms with Crippen molar-refractivity contribution in [3.05, 3.63) is 35.3 Å². The van der Waals surface area contributed by atoms with Crippen molar-refractivity contribution in [1.29, 1.82) is 0 Å². The Balaban J connectivity index is 2.11. The van der Waals surface area contributed by atoms with E-state index in [1.807, 2.05) is 11.8 Å². The highest BCUT2D eigenvalue weighted by Gasteiger charge is 2.11. The highest BCUT2D eigenvalue weighted by Crippen LogP contribution is 2.28. The van der Waals surface area contributed by atoms with Crippen LogP contribution >= 0.6 is 34.9 Å². The maximum absolute atomic E-state index is 6.15. The summed E-state index contributed by atoms with van der Waals surface area (Å²) in [4.78, 5) is 5.94. The van der Waals surface area contributed by atoms with Crippen LogP contribution in [0.1, 0.15) is 18.2 Å². The van der Waals surface area contributed by atoms with Crippen LogP contribution in [0, 0.1) is 0 Å². The van der Waals surface area contributed by atoms with Crippen LogP contribution in [0.3, 0.4) is 0 Å². The highest BCUT2D eigenvalue weighted by molar-refractivity contribution is 7.98. The fourth-order valence-electron chi connectivity index (χ4n) is 1.72. The summed E-state index contributed by atoms with van der Waals surface area (Å²) in [7, 11) is 0. The Morgan fingerprint density at radius 1 is 1.26 bits per heavy atom. The van der Waals surface area contributed by atoms with E-state index in [4.69, 9.17) is 5.73 Å². The van der Waals surface area contributed by atoms with Crippen LogP contribution in [0.5, 0.6) is 0 Å². The SMILES string of the molecule is CSCCC(N)c1csc(-c2ccc(SC)cc2)n1.